The average molecular weight is 498 g/mol. The molecule has 192 valence electrons. The van der Waals surface area contributed by atoms with E-state index in [2.05, 4.69) is 37.1 Å². The van der Waals surface area contributed by atoms with E-state index in [0.29, 0.717) is 37.0 Å². The Labute approximate surface area is 209 Å². The van der Waals surface area contributed by atoms with Gasteiger partial charge in [0.05, 0.1) is 24.8 Å². The highest BCUT2D eigenvalue weighted by Crippen LogP contribution is 2.35. The van der Waals surface area contributed by atoms with Gasteiger partial charge in [-0.25, -0.2) is 19.3 Å². The van der Waals surface area contributed by atoms with Crippen LogP contribution in [0.4, 0.5) is 27.8 Å². The molecule has 0 unspecified atom stereocenters. The monoisotopic (exact) mass is 497 g/mol. The molecule has 2 fully saturated rings. The molecule has 2 aliphatic rings. The first-order valence-electron chi connectivity index (χ1n) is 12.2. The fraction of sp³-hybridized carbons (Fsp3) is 0.520. The molecule has 3 aromatic heterocycles. The maximum Gasteiger partial charge on any atom is 0.227 e. The van der Waals surface area contributed by atoms with Crippen molar-refractivity contribution < 1.29 is 19.3 Å². The second kappa shape index (κ2) is 9.72. The Bertz CT molecular complexity index is 1240. The van der Waals surface area contributed by atoms with Crippen LogP contribution >= 0.6 is 0 Å². The zero-order chi connectivity index (χ0) is 25.4. The van der Waals surface area contributed by atoms with Crippen LogP contribution in [0.3, 0.4) is 0 Å². The number of aromatic nitrogens is 4. The molecule has 3 aromatic rings. The van der Waals surface area contributed by atoms with E-state index < -0.39 is 11.8 Å². The molecule has 36 heavy (non-hydrogen) atoms. The number of ether oxygens (including phenoxy) is 1. The molecule has 5 heterocycles. The number of hydrogen-bond donors (Lipinski definition) is 3. The number of methoxy groups -OCH3 is 1. The second-order valence-corrected chi connectivity index (χ2v) is 9.73. The lowest BCUT2D eigenvalue weighted by molar-refractivity contribution is -0.00860. The summed E-state index contributed by atoms with van der Waals surface area (Å²) in [6, 6.07) is 3.86. The second-order valence-electron chi connectivity index (χ2n) is 9.73. The van der Waals surface area contributed by atoms with Crippen molar-refractivity contribution in [3.8, 4) is 0 Å². The van der Waals surface area contributed by atoms with Gasteiger partial charge in [0.15, 0.2) is 5.67 Å². The van der Waals surface area contributed by atoms with Gasteiger partial charge in [-0.05, 0) is 49.8 Å². The van der Waals surface area contributed by atoms with Crippen molar-refractivity contribution in [3.05, 3.63) is 36.3 Å². The molecule has 0 aromatic carbocycles. The van der Waals surface area contributed by atoms with E-state index in [0.717, 1.165) is 28.7 Å². The first-order chi connectivity index (χ1) is 17.3. The van der Waals surface area contributed by atoms with Crippen LogP contribution in [0.1, 0.15) is 25.8 Å². The maximum atomic E-state index is 14.7. The van der Waals surface area contributed by atoms with E-state index in [-0.39, 0.29) is 25.3 Å². The van der Waals surface area contributed by atoms with Crippen LogP contribution in [0.25, 0.3) is 10.8 Å². The molecule has 0 bridgehead atoms. The van der Waals surface area contributed by atoms with Gasteiger partial charge < -0.3 is 30.1 Å². The van der Waals surface area contributed by atoms with Crippen molar-refractivity contribution >= 4 is 34.2 Å². The van der Waals surface area contributed by atoms with E-state index in [1.165, 1.54) is 6.92 Å². The Balaban J connectivity index is 1.42. The zero-order valence-corrected chi connectivity index (χ0v) is 20.7. The number of nitrogens with zero attached hydrogens (tertiary/aromatic N) is 6. The Kier molecular flexibility index (Phi) is 6.62. The largest absolute Gasteiger partial charge is 0.396 e. The highest BCUT2D eigenvalue weighted by Gasteiger charge is 2.40. The quantitative estimate of drug-likeness (QED) is 0.448. The molecule has 0 radical (unpaired) electrons. The molecule has 0 aliphatic carbocycles. The summed E-state index contributed by atoms with van der Waals surface area (Å²) in [5.74, 6) is 2.34. The van der Waals surface area contributed by atoms with Crippen molar-refractivity contribution in [1.82, 2.24) is 19.9 Å². The van der Waals surface area contributed by atoms with Crippen molar-refractivity contribution in [3.63, 3.8) is 0 Å². The summed E-state index contributed by atoms with van der Waals surface area (Å²) in [5.41, 5.74) is -0.799. The average Bonchev–Trinajstić information content (AvgIpc) is 2.86. The number of piperidine rings is 1. The molecule has 0 saturated carbocycles. The summed E-state index contributed by atoms with van der Waals surface area (Å²) in [6.45, 7) is 4.77. The predicted molar refractivity (Wildman–Crippen MR) is 136 cm³/mol. The number of fused-ring (bicyclic) bond motifs is 1. The van der Waals surface area contributed by atoms with Crippen LogP contribution in [0, 0.1) is 0 Å². The zero-order valence-electron chi connectivity index (χ0n) is 20.7. The number of nitrogens with one attached hydrogen (secondary N) is 1. The van der Waals surface area contributed by atoms with Crippen LogP contribution in [0.2, 0.25) is 0 Å². The van der Waals surface area contributed by atoms with Crippen LogP contribution in [-0.4, -0.2) is 87.4 Å². The fourth-order valence-corrected chi connectivity index (χ4v) is 4.93. The van der Waals surface area contributed by atoms with E-state index in [1.54, 1.807) is 30.5 Å². The molecule has 2 saturated heterocycles. The summed E-state index contributed by atoms with van der Waals surface area (Å²) in [4.78, 5) is 22.1. The molecule has 2 aliphatic heterocycles. The number of alkyl halides is 1. The van der Waals surface area contributed by atoms with Gasteiger partial charge in [-0.2, -0.15) is 4.98 Å². The number of aliphatic hydroxyl groups excluding tert-OH is 2. The van der Waals surface area contributed by atoms with Crippen molar-refractivity contribution in [2.75, 3.05) is 48.5 Å². The topological polar surface area (TPSA) is 120 Å². The predicted octanol–water partition coefficient (Wildman–Crippen LogP) is 2.22. The minimum atomic E-state index is -1.73. The molecule has 4 atom stereocenters. The van der Waals surface area contributed by atoms with Crippen LogP contribution < -0.4 is 15.1 Å². The number of rotatable bonds is 7. The number of halogens is 1. The number of hydrogen-bond acceptors (Lipinski definition) is 10. The maximum absolute atomic E-state index is 14.7. The van der Waals surface area contributed by atoms with Gasteiger partial charge in [0, 0.05) is 50.8 Å². The van der Waals surface area contributed by atoms with Gasteiger partial charge in [-0.3, -0.25) is 0 Å². The van der Waals surface area contributed by atoms with Crippen LogP contribution in [0.5, 0.6) is 0 Å². The number of pyridine rings is 2. The Hall–Kier alpha value is -3.15. The van der Waals surface area contributed by atoms with Gasteiger partial charge >= 0.3 is 0 Å². The molecule has 5 rings (SSSR count). The van der Waals surface area contributed by atoms with E-state index in [1.807, 2.05) is 12.3 Å². The third-order valence-corrected chi connectivity index (χ3v) is 7.24. The van der Waals surface area contributed by atoms with Gasteiger partial charge in [-0.1, -0.05) is 0 Å². The van der Waals surface area contributed by atoms with E-state index >= 15 is 0 Å². The normalized spacial score (nSPS) is 26.2. The molecule has 0 spiro atoms. The van der Waals surface area contributed by atoms with E-state index in [9.17, 15) is 14.6 Å². The van der Waals surface area contributed by atoms with Crippen molar-refractivity contribution in [2.24, 2.45) is 0 Å². The molecule has 10 nitrogen and oxygen atoms in total. The number of anilines is 4. The molecule has 11 heteroatoms. The first-order valence-corrected chi connectivity index (χ1v) is 12.2. The minimum Gasteiger partial charge on any atom is -0.396 e. The van der Waals surface area contributed by atoms with Crippen molar-refractivity contribution in [2.45, 2.75) is 50.6 Å². The van der Waals surface area contributed by atoms with Crippen molar-refractivity contribution in [1.29, 1.82) is 0 Å². The summed E-state index contributed by atoms with van der Waals surface area (Å²) in [7, 11) is 1.72. The SMILES string of the molecule is CO[C@H]1CN(c2ncc(CCO)c3cc(Nc4ccnc(N5CC[C@@H](O)[C@@](C)(F)C5)n4)ncc23)[C@@H]1C. The lowest BCUT2D eigenvalue weighted by Gasteiger charge is -2.46. The van der Waals surface area contributed by atoms with Crippen LogP contribution in [-0.2, 0) is 11.2 Å². The Morgan fingerprint density at radius 2 is 2.06 bits per heavy atom. The first kappa shape index (κ1) is 24.5. The summed E-state index contributed by atoms with van der Waals surface area (Å²) in [5, 5.41) is 24.6. The standard InChI is InChI=1S/C25H32FN7O3/c1-15-19(36-3)13-33(15)23-18-12-28-22(10-17(18)16(6-9-34)11-29-23)30-21-4-7-27-24(31-21)32-8-5-20(35)25(2,26)14-32/h4,7,10-12,15,19-20,34-35H,5-6,8-9,13-14H2,1-3H3,(H,27,28,30,31)/t15-,19+,20-,25+/m1/s1. The molecule has 3 N–H and O–H groups in total. The molecule has 0 amide bonds. The summed E-state index contributed by atoms with van der Waals surface area (Å²) in [6.07, 6.45) is 5.17. The van der Waals surface area contributed by atoms with Gasteiger partial charge in [0.25, 0.3) is 0 Å². The lowest BCUT2D eigenvalue weighted by atomic mass is 9.94. The summed E-state index contributed by atoms with van der Waals surface area (Å²) < 4.78 is 20.2. The van der Waals surface area contributed by atoms with Gasteiger partial charge in [0.2, 0.25) is 5.95 Å². The lowest BCUT2D eigenvalue weighted by Crippen LogP contribution is -2.59. The third kappa shape index (κ3) is 4.54. The van der Waals surface area contributed by atoms with Gasteiger partial charge in [0.1, 0.15) is 17.5 Å². The smallest absolute Gasteiger partial charge is 0.227 e. The Morgan fingerprint density at radius 3 is 2.78 bits per heavy atom. The third-order valence-electron chi connectivity index (χ3n) is 7.24. The molecular weight excluding hydrogens is 465 g/mol. The van der Waals surface area contributed by atoms with Gasteiger partial charge in [-0.15, -0.1) is 0 Å². The fourth-order valence-electron chi connectivity index (χ4n) is 4.93. The Morgan fingerprint density at radius 1 is 1.22 bits per heavy atom. The summed E-state index contributed by atoms with van der Waals surface area (Å²) >= 11 is 0. The number of aliphatic hydroxyl groups is 2. The highest BCUT2D eigenvalue weighted by atomic mass is 19.1. The van der Waals surface area contributed by atoms with E-state index in [4.69, 9.17) is 4.74 Å². The molecular formula is C25H32FN7O3. The highest BCUT2D eigenvalue weighted by molar-refractivity contribution is 5.96. The van der Waals surface area contributed by atoms with Crippen LogP contribution in [0.15, 0.2) is 30.7 Å². The minimum absolute atomic E-state index is 0.0143.